The Morgan fingerprint density at radius 2 is 2.21 bits per heavy atom. The zero-order valence-corrected chi connectivity index (χ0v) is 12.1. The van der Waals surface area contributed by atoms with Gasteiger partial charge in [0.25, 0.3) is 0 Å². The number of esters is 1. The Labute approximate surface area is 118 Å². The van der Waals surface area contributed by atoms with E-state index in [-0.39, 0.29) is 18.3 Å². The quantitative estimate of drug-likeness (QED) is 0.619. The first-order valence-electron chi connectivity index (χ1n) is 5.65. The molecule has 1 amide bonds. The van der Waals surface area contributed by atoms with E-state index in [0.29, 0.717) is 22.7 Å². The number of ether oxygens (including phenoxy) is 2. The number of rotatable bonds is 3. The van der Waals surface area contributed by atoms with Crippen LogP contribution in [0.15, 0.2) is 16.7 Å². The second kappa shape index (κ2) is 5.56. The van der Waals surface area contributed by atoms with Crippen LogP contribution in [-0.2, 0) is 14.3 Å². The minimum absolute atomic E-state index is 0.122. The number of aromatic nitrogens is 1. The van der Waals surface area contributed by atoms with Crippen molar-refractivity contribution in [2.75, 3.05) is 25.7 Å². The van der Waals surface area contributed by atoms with Crippen molar-refractivity contribution in [3.63, 3.8) is 0 Å². The Morgan fingerprint density at radius 3 is 2.79 bits per heavy atom. The van der Waals surface area contributed by atoms with Crippen molar-refractivity contribution >= 4 is 33.5 Å². The number of anilines is 1. The van der Waals surface area contributed by atoms with Crippen molar-refractivity contribution in [1.29, 1.82) is 0 Å². The maximum atomic E-state index is 12.0. The molecule has 1 fully saturated rings. The summed E-state index contributed by atoms with van der Waals surface area (Å²) in [5, 5.41) is 0. The zero-order valence-electron chi connectivity index (χ0n) is 10.6. The van der Waals surface area contributed by atoms with E-state index in [1.165, 1.54) is 19.1 Å². The second-order valence-electron chi connectivity index (χ2n) is 4.09. The van der Waals surface area contributed by atoms with Crippen molar-refractivity contribution in [2.45, 2.75) is 6.42 Å². The largest absolute Gasteiger partial charge is 0.481 e. The summed E-state index contributed by atoms with van der Waals surface area (Å²) in [6.07, 6.45) is 0.158. The maximum Gasteiger partial charge on any atom is 0.311 e. The number of hydrogen-bond acceptors (Lipinski definition) is 5. The Balaban J connectivity index is 2.23. The van der Waals surface area contributed by atoms with Crippen molar-refractivity contribution in [3.05, 3.63) is 16.7 Å². The van der Waals surface area contributed by atoms with Crippen molar-refractivity contribution in [1.82, 2.24) is 4.98 Å². The van der Waals surface area contributed by atoms with Gasteiger partial charge in [-0.15, -0.1) is 0 Å². The third-order valence-electron chi connectivity index (χ3n) is 2.96. The molecule has 6 nitrogen and oxygen atoms in total. The molecule has 1 aliphatic heterocycles. The van der Waals surface area contributed by atoms with Gasteiger partial charge in [0.05, 0.1) is 25.8 Å². The summed E-state index contributed by atoms with van der Waals surface area (Å²) in [6.45, 7) is 0.304. The van der Waals surface area contributed by atoms with Crippen LogP contribution in [0.4, 0.5) is 5.69 Å². The fourth-order valence-corrected chi connectivity index (χ4v) is 2.51. The average Bonchev–Trinajstić information content (AvgIpc) is 2.79. The van der Waals surface area contributed by atoms with E-state index in [1.807, 2.05) is 0 Å². The minimum Gasteiger partial charge on any atom is -0.481 e. The molecule has 0 radical (unpaired) electrons. The lowest BCUT2D eigenvalue weighted by atomic mass is 10.1. The Kier molecular flexibility index (Phi) is 4.04. The average molecular weight is 329 g/mol. The van der Waals surface area contributed by atoms with Gasteiger partial charge in [-0.2, -0.15) is 0 Å². The van der Waals surface area contributed by atoms with Crippen molar-refractivity contribution in [3.8, 4) is 5.88 Å². The monoisotopic (exact) mass is 328 g/mol. The molecule has 2 heterocycles. The van der Waals surface area contributed by atoms with Gasteiger partial charge in [-0.05, 0) is 22.0 Å². The van der Waals surface area contributed by atoms with Crippen LogP contribution >= 0.6 is 15.9 Å². The van der Waals surface area contributed by atoms with Crippen LogP contribution in [0.3, 0.4) is 0 Å². The van der Waals surface area contributed by atoms with Crippen LogP contribution in [0, 0.1) is 5.92 Å². The molecule has 0 aliphatic carbocycles. The summed E-state index contributed by atoms with van der Waals surface area (Å²) in [6, 6.07) is 3.40. The summed E-state index contributed by atoms with van der Waals surface area (Å²) in [5.41, 5.74) is 0.622. The molecule has 2 rings (SSSR count). The lowest BCUT2D eigenvalue weighted by Crippen LogP contribution is -2.26. The molecular weight excluding hydrogens is 316 g/mol. The number of methoxy groups -OCH3 is 2. The number of pyridine rings is 1. The molecule has 1 aromatic rings. The van der Waals surface area contributed by atoms with Gasteiger partial charge in [0.1, 0.15) is 4.60 Å². The van der Waals surface area contributed by atoms with Gasteiger partial charge in [-0.25, -0.2) is 4.98 Å². The first-order chi connectivity index (χ1) is 9.06. The minimum atomic E-state index is -0.425. The predicted octanol–water partition coefficient (Wildman–Crippen LogP) is 1.38. The zero-order chi connectivity index (χ0) is 14.0. The summed E-state index contributed by atoms with van der Waals surface area (Å²) in [7, 11) is 2.84. The first kappa shape index (κ1) is 13.8. The fraction of sp³-hybridized carbons (Fsp3) is 0.417. The van der Waals surface area contributed by atoms with Gasteiger partial charge in [0, 0.05) is 19.0 Å². The van der Waals surface area contributed by atoms with Gasteiger partial charge in [0.2, 0.25) is 11.8 Å². The molecule has 0 spiro atoms. The summed E-state index contributed by atoms with van der Waals surface area (Å²) in [5.74, 6) is -0.463. The number of nitrogens with zero attached hydrogens (tertiary/aromatic N) is 2. The van der Waals surface area contributed by atoms with Crippen LogP contribution in [0.2, 0.25) is 0 Å². The smallest absolute Gasteiger partial charge is 0.311 e. The molecule has 0 aromatic carbocycles. The highest BCUT2D eigenvalue weighted by atomic mass is 79.9. The van der Waals surface area contributed by atoms with E-state index in [1.54, 1.807) is 12.1 Å². The first-order valence-corrected chi connectivity index (χ1v) is 6.45. The molecule has 1 aromatic heterocycles. The van der Waals surface area contributed by atoms with Crippen LogP contribution in [0.25, 0.3) is 0 Å². The number of halogens is 1. The van der Waals surface area contributed by atoms with Crippen LogP contribution < -0.4 is 9.64 Å². The summed E-state index contributed by atoms with van der Waals surface area (Å²) >= 11 is 3.30. The molecule has 0 saturated carbocycles. The second-order valence-corrected chi connectivity index (χ2v) is 4.84. The Hall–Kier alpha value is -1.63. The molecule has 7 heteroatoms. The molecular formula is C12H13BrN2O4. The fourth-order valence-electron chi connectivity index (χ4n) is 1.99. The number of carbonyl (C=O) groups is 2. The standard InChI is InChI=1S/C12H13BrN2O4/c1-18-9-4-3-8(11(13)14-9)15-6-7(5-10(15)16)12(17)19-2/h3-4,7H,5-6H2,1-2H3. The molecule has 0 N–H and O–H groups in total. The van der Waals surface area contributed by atoms with Crippen molar-refractivity contribution < 1.29 is 19.1 Å². The van der Waals surface area contributed by atoms with Gasteiger partial charge in [0.15, 0.2) is 0 Å². The highest BCUT2D eigenvalue weighted by Gasteiger charge is 2.36. The van der Waals surface area contributed by atoms with E-state index < -0.39 is 5.92 Å². The van der Waals surface area contributed by atoms with E-state index in [9.17, 15) is 9.59 Å². The highest BCUT2D eigenvalue weighted by molar-refractivity contribution is 9.10. The van der Waals surface area contributed by atoms with Crippen molar-refractivity contribution in [2.24, 2.45) is 5.92 Å². The number of carbonyl (C=O) groups excluding carboxylic acids is 2. The summed E-state index contributed by atoms with van der Waals surface area (Å²) in [4.78, 5) is 29.1. The number of amides is 1. The van der Waals surface area contributed by atoms with Gasteiger partial charge >= 0.3 is 5.97 Å². The van der Waals surface area contributed by atoms with Crippen LogP contribution in [0.5, 0.6) is 5.88 Å². The third-order valence-corrected chi connectivity index (χ3v) is 3.55. The van der Waals surface area contributed by atoms with E-state index >= 15 is 0 Å². The lowest BCUT2D eigenvalue weighted by molar-refractivity contribution is -0.145. The third kappa shape index (κ3) is 2.70. The van der Waals surface area contributed by atoms with E-state index in [2.05, 4.69) is 25.7 Å². The molecule has 1 aliphatic rings. The summed E-state index contributed by atoms with van der Waals surface area (Å²) < 4.78 is 10.2. The molecule has 1 atom stereocenters. The highest BCUT2D eigenvalue weighted by Crippen LogP contribution is 2.32. The van der Waals surface area contributed by atoms with E-state index in [0.717, 1.165) is 0 Å². The number of hydrogen-bond donors (Lipinski definition) is 0. The van der Waals surface area contributed by atoms with Crippen LogP contribution in [0.1, 0.15) is 6.42 Å². The molecule has 1 unspecified atom stereocenters. The molecule has 1 saturated heterocycles. The van der Waals surface area contributed by atoms with Crippen LogP contribution in [-0.4, -0.2) is 37.6 Å². The molecule has 0 bridgehead atoms. The SMILES string of the molecule is COC(=O)C1CC(=O)N(c2ccc(OC)nc2Br)C1. The predicted molar refractivity (Wildman–Crippen MR) is 71.0 cm³/mol. The topological polar surface area (TPSA) is 68.7 Å². The lowest BCUT2D eigenvalue weighted by Gasteiger charge is -2.17. The van der Waals surface area contributed by atoms with Gasteiger partial charge < -0.3 is 14.4 Å². The van der Waals surface area contributed by atoms with Gasteiger partial charge in [-0.3, -0.25) is 9.59 Å². The normalized spacial score (nSPS) is 18.6. The maximum absolute atomic E-state index is 12.0. The molecule has 102 valence electrons. The van der Waals surface area contributed by atoms with Gasteiger partial charge in [-0.1, -0.05) is 0 Å². The molecule has 19 heavy (non-hydrogen) atoms. The van der Waals surface area contributed by atoms with E-state index in [4.69, 9.17) is 4.74 Å². The Morgan fingerprint density at radius 1 is 1.47 bits per heavy atom. The Bertz CT molecular complexity index is 520.